The quantitative estimate of drug-likeness (QED) is 0.810. The number of nitrogens with zero attached hydrogens (tertiary/aromatic N) is 2. The Morgan fingerprint density at radius 3 is 2.33 bits per heavy atom. The van der Waals surface area contributed by atoms with E-state index < -0.39 is 29.1 Å². The molecular formula is C20H23F2N3O2. The predicted molar refractivity (Wildman–Crippen MR) is 98.0 cm³/mol. The lowest BCUT2D eigenvalue weighted by molar-refractivity contribution is -0.133. The number of aromatic nitrogens is 1. The fourth-order valence-electron chi connectivity index (χ4n) is 2.62. The molecule has 0 fully saturated rings. The Balaban J connectivity index is 2.07. The van der Waals surface area contributed by atoms with E-state index in [1.807, 2.05) is 18.2 Å². The highest BCUT2D eigenvalue weighted by molar-refractivity contribution is 5.98. The van der Waals surface area contributed by atoms with E-state index in [1.165, 1.54) is 11.0 Å². The van der Waals surface area contributed by atoms with Crippen LogP contribution in [0.3, 0.4) is 0 Å². The molecule has 0 saturated carbocycles. The summed E-state index contributed by atoms with van der Waals surface area (Å²) in [4.78, 5) is 30.8. The minimum absolute atomic E-state index is 0.256. The topological polar surface area (TPSA) is 62.3 Å². The van der Waals surface area contributed by atoms with Crippen LogP contribution >= 0.6 is 0 Å². The highest BCUT2D eigenvalue weighted by Gasteiger charge is 2.29. The lowest BCUT2D eigenvalue weighted by Crippen LogP contribution is -2.50. The van der Waals surface area contributed by atoms with Crippen molar-refractivity contribution in [1.82, 2.24) is 15.2 Å². The molecule has 0 aliphatic carbocycles. The van der Waals surface area contributed by atoms with Crippen LogP contribution in [0.4, 0.5) is 8.78 Å². The van der Waals surface area contributed by atoms with Crippen LogP contribution in [0.5, 0.6) is 0 Å². The molecule has 1 aromatic carbocycles. The number of amides is 2. The van der Waals surface area contributed by atoms with Gasteiger partial charge in [0.25, 0.3) is 5.91 Å². The maximum Gasteiger partial charge on any atom is 0.257 e. The van der Waals surface area contributed by atoms with Gasteiger partial charge < -0.3 is 10.2 Å². The molecule has 7 heteroatoms. The summed E-state index contributed by atoms with van der Waals surface area (Å²) in [7, 11) is 1.62. The van der Waals surface area contributed by atoms with E-state index in [-0.39, 0.29) is 11.8 Å². The Labute approximate surface area is 157 Å². The molecule has 0 radical (unpaired) electrons. The summed E-state index contributed by atoms with van der Waals surface area (Å²) in [5.41, 5.74) is 0.155. The van der Waals surface area contributed by atoms with Crippen molar-refractivity contribution in [2.75, 3.05) is 13.6 Å². The number of rotatable bonds is 7. The molecule has 0 aliphatic heterocycles. The molecule has 2 aromatic rings. The van der Waals surface area contributed by atoms with Gasteiger partial charge in [-0.15, -0.1) is 0 Å². The molecule has 144 valence electrons. The predicted octanol–water partition coefficient (Wildman–Crippen LogP) is 2.82. The van der Waals surface area contributed by atoms with Gasteiger partial charge in [-0.1, -0.05) is 26.0 Å². The Bertz CT molecular complexity index is 777. The first-order valence-corrected chi connectivity index (χ1v) is 8.71. The second kappa shape index (κ2) is 9.21. The molecule has 0 bridgehead atoms. The standard InChI is InChI=1S/C20H23F2N3O2/c1-13(2)18(24-19(26)17-15(21)8-6-9-16(17)22)20(27)25(3)12-10-14-7-4-5-11-23-14/h4-9,11,13,18H,10,12H2,1-3H3,(H,24,26). The summed E-state index contributed by atoms with van der Waals surface area (Å²) in [6, 6.07) is 7.82. The zero-order chi connectivity index (χ0) is 20.0. The van der Waals surface area contributed by atoms with E-state index in [4.69, 9.17) is 0 Å². The summed E-state index contributed by atoms with van der Waals surface area (Å²) in [5.74, 6) is -3.47. The zero-order valence-corrected chi connectivity index (χ0v) is 15.6. The number of nitrogens with one attached hydrogen (secondary N) is 1. The number of likely N-dealkylation sites (N-methyl/N-ethyl adjacent to an activating group) is 1. The van der Waals surface area contributed by atoms with Gasteiger partial charge in [-0.25, -0.2) is 8.78 Å². The Morgan fingerprint density at radius 1 is 1.11 bits per heavy atom. The van der Waals surface area contributed by atoms with Gasteiger partial charge in [0.05, 0.1) is 0 Å². The molecule has 1 unspecified atom stereocenters. The monoisotopic (exact) mass is 375 g/mol. The summed E-state index contributed by atoms with van der Waals surface area (Å²) in [6.45, 7) is 3.92. The molecule has 0 saturated heterocycles. The van der Waals surface area contributed by atoms with Gasteiger partial charge in [0, 0.05) is 31.9 Å². The van der Waals surface area contributed by atoms with Crippen LogP contribution in [-0.4, -0.2) is 41.3 Å². The van der Waals surface area contributed by atoms with Crippen molar-refractivity contribution in [2.45, 2.75) is 26.3 Å². The van der Waals surface area contributed by atoms with Crippen LogP contribution in [0, 0.1) is 17.6 Å². The zero-order valence-electron chi connectivity index (χ0n) is 15.6. The first kappa shape index (κ1) is 20.5. The minimum atomic E-state index is -0.967. The third kappa shape index (κ3) is 5.32. The van der Waals surface area contributed by atoms with Crippen LogP contribution in [0.2, 0.25) is 0 Å². The maximum absolute atomic E-state index is 13.8. The first-order chi connectivity index (χ1) is 12.8. The van der Waals surface area contributed by atoms with Gasteiger partial charge in [0.2, 0.25) is 5.91 Å². The molecule has 1 N–H and O–H groups in total. The van der Waals surface area contributed by atoms with E-state index in [0.29, 0.717) is 13.0 Å². The van der Waals surface area contributed by atoms with Crippen molar-refractivity contribution in [1.29, 1.82) is 0 Å². The Hall–Kier alpha value is -2.83. The average molecular weight is 375 g/mol. The molecule has 0 spiro atoms. The second-order valence-electron chi connectivity index (χ2n) is 6.62. The van der Waals surface area contributed by atoms with Crippen LogP contribution < -0.4 is 5.32 Å². The smallest absolute Gasteiger partial charge is 0.257 e. The molecule has 27 heavy (non-hydrogen) atoms. The number of halogens is 2. The summed E-state index contributed by atoms with van der Waals surface area (Å²) in [6.07, 6.45) is 2.24. The van der Waals surface area contributed by atoms with Gasteiger partial charge in [-0.05, 0) is 30.2 Å². The van der Waals surface area contributed by atoms with E-state index in [1.54, 1.807) is 27.1 Å². The molecule has 2 amide bonds. The van der Waals surface area contributed by atoms with Crippen molar-refractivity contribution in [3.8, 4) is 0 Å². The fraction of sp³-hybridized carbons (Fsp3) is 0.350. The van der Waals surface area contributed by atoms with Gasteiger partial charge in [0.15, 0.2) is 0 Å². The van der Waals surface area contributed by atoms with E-state index >= 15 is 0 Å². The van der Waals surface area contributed by atoms with Crippen LogP contribution in [0.1, 0.15) is 29.9 Å². The van der Waals surface area contributed by atoms with E-state index in [0.717, 1.165) is 17.8 Å². The first-order valence-electron chi connectivity index (χ1n) is 8.71. The SMILES string of the molecule is CC(C)C(NC(=O)c1c(F)cccc1F)C(=O)N(C)CCc1ccccn1. The summed E-state index contributed by atoms with van der Waals surface area (Å²) < 4.78 is 27.6. The number of pyridine rings is 1. The molecule has 2 rings (SSSR count). The van der Waals surface area contributed by atoms with E-state index in [2.05, 4.69) is 10.3 Å². The van der Waals surface area contributed by atoms with Gasteiger partial charge in [-0.3, -0.25) is 14.6 Å². The number of carbonyl (C=O) groups excluding carboxylic acids is 2. The third-order valence-corrected chi connectivity index (χ3v) is 4.21. The molecular weight excluding hydrogens is 352 g/mol. The Kier molecular flexibility index (Phi) is 6.98. The number of hydrogen-bond donors (Lipinski definition) is 1. The molecule has 5 nitrogen and oxygen atoms in total. The lowest BCUT2D eigenvalue weighted by Gasteiger charge is -2.27. The van der Waals surface area contributed by atoms with Crippen molar-refractivity contribution in [3.05, 3.63) is 65.5 Å². The molecule has 1 aromatic heterocycles. The second-order valence-corrected chi connectivity index (χ2v) is 6.62. The number of hydrogen-bond acceptors (Lipinski definition) is 3. The molecule has 1 atom stereocenters. The minimum Gasteiger partial charge on any atom is -0.344 e. The Morgan fingerprint density at radius 2 is 1.78 bits per heavy atom. The lowest BCUT2D eigenvalue weighted by atomic mass is 10.0. The average Bonchev–Trinajstić information content (AvgIpc) is 2.64. The van der Waals surface area contributed by atoms with Gasteiger partial charge in [-0.2, -0.15) is 0 Å². The molecule has 1 heterocycles. The summed E-state index contributed by atoms with van der Waals surface area (Å²) in [5, 5.41) is 2.47. The summed E-state index contributed by atoms with van der Waals surface area (Å²) >= 11 is 0. The van der Waals surface area contributed by atoms with Gasteiger partial charge >= 0.3 is 0 Å². The molecule has 0 aliphatic rings. The van der Waals surface area contributed by atoms with Crippen LogP contribution in [-0.2, 0) is 11.2 Å². The number of carbonyl (C=O) groups is 2. The van der Waals surface area contributed by atoms with Gasteiger partial charge in [0.1, 0.15) is 23.2 Å². The van der Waals surface area contributed by atoms with Crippen molar-refractivity contribution in [3.63, 3.8) is 0 Å². The highest BCUT2D eigenvalue weighted by atomic mass is 19.1. The van der Waals surface area contributed by atoms with Crippen LogP contribution in [0.15, 0.2) is 42.6 Å². The third-order valence-electron chi connectivity index (χ3n) is 4.21. The fourth-order valence-corrected chi connectivity index (χ4v) is 2.62. The van der Waals surface area contributed by atoms with E-state index in [9.17, 15) is 18.4 Å². The largest absolute Gasteiger partial charge is 0.344 e. The highest BCUT2D eigenvalue weighted by Crippen LogP contribution is 2.14. The van der Waals surface area contributed by atoms with Crippen molar-refractivity contribution >= 4 is 11.8 Å². The van der Waals surface area contributed by atoms with Crippen molar-refractivity contribution < 1.29 is 18.4 Å². The van der Waals surface area contributed by atoms with Crippen LogP contribution in [0.25, 0.3) is 0 Å². The number of benzene rings is 1. The normalized spacial score (nSPS) is 11.9. The van der Waals surface area contributed by atoms with Crippen molar-refractivity contribution in [2.24, 2.45) is 5.92 Å². The maximum atomic E-state index is 13.8.